The lowest BCUT2D eigenvalue weighted by Gasteiger charge is -2.13. The molecule has 2 aromatic rings. The van der Waals surface area contributed by atoms with Gasteiger partial charge in [0, 0.05) is 5.69 Å². The van der Waals surface area contributed by atoms with Crippen LogP contribution in [0.15, 0.2) is 23.7 Å². The first-order valence-corrected chi connectivity index (χ1v) is 6.61. The summed E-state index contributed by atoms with van der Waals surface area (Å²) in [5.41, 5.74) is 3.20. The van der Waals surface area contributed by atoms with E-state index in [0.717, 1.165) is 10.2 Å². The first-order valence-electron chi connectivity index (χ1n) is 5.73. The lowest BCUT2D eigenvalue weighted by molar-refractivity contribution is -0.139. The summed E-state index contributed by atoms with van der Waals surface area (Å²) in [6, 6.07) is 3.92. The van der Waals surface area contributed by atoms with Gasteiger partial charge in [0.2, 0.25) is 0 Å². The van der Waals surface area contributed by atoms with Crippen LogP contribution >= 0.6 is 11.3 Å². The van der Waals surface area contributed by atoms with Crippen LogP contribution in [-0.2, 0) is 4.79 Å². The Morgan fingerprint density at radius 1 is 1.47 bits per heavy atom. The number of hydrogen-bond acceptors (Lipinski definition) is 4. The quantitative estimate of drug-likeness (QED) is 0.800. The minimum atomic E-state index is -1.05. The number of nitrogens with zero attached hydrogens (tertiary/aromatic N) is 1. The average molecular weight is 279 g/mol. The Balaban J connectivity index is 2.03. The number of carbonyl (C=O) groups is 2. The maximum Gasteiger partial charge on any atom is 0.326 e. The van der Waals surface area contributed by atoms with E-state index in [-0.39, 0.29) is 0 Å². The standard InChI is InChI=1S/C12H13N3O3S/c1-2-8(11(16)17)15-12(18)14-7-3-4-9-10(5-7)19-6-13-9/h3-6,8H,2H2,1H3,(H,16,17)(H2,14,15,18)/t8-/m1/s1. The summed E-state index contributed by atoms with van der Waals surface area (Å²) in [6.07, 6.45) is 0.330. The van der Waals surface area contributed by atoms with Crippen LogP contribution in [0.4, 0.5) is 10.5 Å². The Bertz CT molecular complexity index is 611. The molecule has 1 atom stereocenters. The van der Waals surface area contributed by atoms with Gasteiger partial charge in [-0.15, -0.1) is 11.3 Å². The molecule has 1 aromatic carbocycles. The van der Waals surface area contributed by atoms with Gasteiger partial charge in [-0.3, -0.25) is 0 Å². The highest BCUT2D eigenvalue weighted by Crippen LogP contribution is 2.21. The molecular formula is C12H13N3O3S. The molecule has 0 saturated carbocycles. The van der Waals surface area contributed by atoms with Crippen molar-refractivity contribution < 1.29 is 14.7 Å². The number of hydrogen-bond donors (Lipinski definition) is 3. The zero-order valence-corrected chi connectivity index (χ0v) is 11.0. The zero-order valence-electron chi connectivity index (χ0n) is 10.2. The number of carboxylic acid groups (broad SMARTS) is 1. The monoisotopic (exact) mass is 279 g/mol. The number of nitrogens with one attached hydrogen (secondary N) is 2. The van der Waals surface area contributed by atoms with Crippen LogP contribution in [0.25, 0.3) is 10.2 Å². The predicted octanol–water partition coefficient (Wildman–Crippen LogP) is 2.28. The Kier molecular flexibility index (Phi) is 3.96. The molecule has 0 saturated heterocycles. The van der Waals surface area contributed by atoms with Crippen LogP contribution in [0.1, 0.15) is 13.3 Å². The fourth-order valence-electron chi connectivity index (χ4n) is 1.60. The second-order valence-electron chi connectivity index (χ2n) is 3.93. The van der Waals surface area contributed by atoms with E-state index in [9.17, 15) is 9.59 Å². The Labute approximate surface area is 113 Å². The Morgan fingerprint density at radius 2 is 2.26 bits per heavy atom. The van der Waals surface area contributed by atoms with Crippen molar-refractivity contribution in [3.63, 3.8) is 0 Å². The second kappa shape index (κ2) is 5.66. The average Bonchev–Trinajstić information content (AvgIpc) is 2.82. The summed E-state index contributed by atoms with van der Waals surface area (Å²) in [4.78, 5) is 26.6. The van der Waals surface area contributed by atoms with E-state index in [1.807, 2.05) is 0 Å². The highest BCUT2D eigenvalue weighted by molar-refractivity contribution is 7.16. The summed E-state index contributed by atoms with van der Waals surface area (Å²) < 4.78 is 0.961. The smallest absolute Gasteiger partial charge is 0.326 e. The largest absolute Gasteiger partial charge is 0.480 e. The molecule has 1 aromatic heterocycles. The van der Waals surface area contributed by atoms with E-state index in [1.165, 1.54) is 11.3 Å². The van der Waals surface area contributed by atoms with Crippen LogP contribution in [0.3, 0.4) is 0 Å². The van der Waals surface area contributed by atoms with Gasteiger partial charge in [-0.1, -0.05) is 6.92 Å². The van der Waals surface area contributed by atoms with Crippen LogP contribution in [-0.4, -0.2) is 28.1 Å². The van der Waals surface area contributed by atoms with E-state index in [1.54, 1.807) is 30.6 Å². The van der Waals surface area contributed by atoms with E-state index < -0.39 is 18.0 Å². The van der Waals surface area contributed by atoms with E-state index in [4.69, 9.17) is 5.11 Å². The number of urea groups is 1. The zero-order chi connectivity index (χ0) is 13.8. The van der Waals surface area contributed by atoms with Gasteiger partial charge in [-0.05, 0) is 24.6 Å². The van der Waals surface area contributed by atoms with Gasteiger partial charge in [0.15, 0.2) is 0 Å². The van der Waals surface area contributed by atoms with Crippen LogP contribution < -0.4 is 10.6 Å². The molecule has 2 rings (SSSR count). The number of amides is 2. The summed E-state index contributed by atoms with van der Waals surface area (Å²) in [5.74, 6) is -1.05. The minimum absolute atomic E-state index is 0.330. The molecule has 3 N–H and O–H groups in total. The van der Waals surface area contributed by atoms with Crippen molar-refractivity contribution >= 4 is 39.2 Å². The summed E-state index contributed by atoms with van der Waals surface area (Å²) in [7, 11) is 0. The van der Waals surface area contributed by atoms with Gasteiger partial charge in [0.05, 0.1) is 15.7 Å². The number of rotatable bonds is 4. The lowest BCUT2D eigenvalue weighted by atomic mass is 10.2. The second-order valence-corrected chi connectivity index (χ2v) is 4.82. The number of aromatic nitrogens is 1. The number of fused-ring (bicyclic) bond motifs is 1. The molecule has 100 valence electrons. The lowest BCUT2D eigenvalue weighted by Crippen LogP contribution is -2.42. The third kappa shape index (κ3) is 3.19. The first-order chi connectivity index (χ1) is 9.10. The van der Waals surface area contributed by atoms with Crippen molar-refractivity contribution in [3.05, 3.63) is 23.7 Å². The molecule has 0 unspecified atom stereocenters. The van der Waals surface area contributed by atoms with Crippen LogP contribution in [0, 0.1) is 0 Å². The molecule has 0 spiro atoms. The maximum atomic E-state index is 11.7. The number of aliphatic carboxylic acids is 1. The molecule has 0 aliphatic carbocycles. The molecular weight excluding hydrogens is 266 g/mol. The molecule has 0 fully saturated rings. The fourth-order valence-corrected chi connectivity index (χ4v) is 2.31. The Morgan fingerprint density at radius 3 is 2.95 bits per heavy atom. The van der Waals surface area contributed by atoms with Gasteiger partial charge in [0.1, 0.15) is 6.04 Å². The molecule has 19 heavy (non-hydrogen) atoms. The van der Waals surface area contributed by atoms with Gasteiger partial charge in [-0.2, -0.15) is 0 Å². The summed E-state index contributed by atoms with van der Waals surface area (Å²) >= 11 is 1.47. The van der Waals surface area contributed by atoms with Crippen molar-refractivity contribution in [3.8, 4) is 0 Å². The van der Waals surface area contributed by atoms with Gasteiger partial charge >= 0.3 is 12.0 Å². The van der Waals surface area contributed by atoms with E-state index in [0.29, 0.717) is 12.1 Å². The number of carbonyl (C=O) groups excluding carboxylic acids is 1. The van der Waals surface area contributed by atoms with Crippen molar-refractivity contribution in [2.45, 2.75) is 19.4 Å². The number of carboxylic acids is 1. The van der Waals surface area contributed by atoms with Crippen molar-refractivity contribution in [1.82, 2.24) is 10.3 Å². The number of anilines is 1. The molecule has 0 aliphatic heterocycles. The van der Waals surface area contributed by atoms with Crippen molar-refractivity contribution in [1.29, 1.82) is 0 Å². The Hall–Kier alpha value is -2.15. The molecule has 7 heteroatoms. The SMILES string of the molecule is CC[C@@H](NC(=O)Nc1ccc2ncsc2c1)C(=O)O. The highest BCUT2D eigenvalue weighted by Gasteiger charge is 2.17. The van der Waals surface area contributed by atoms with Crippen molar-refractivity contribution in [2.75, 3.05) is 5.32 Å². The van der Waals surface area contributed by atoms with Crippen LogP contribution in [0.2, 0.25) is 0 Å². The van der Waals surface area contributed by atoms with Gasteiger partial charge < -0.3 is 15.7 Å². The summed E-state index contributed by atoms with van der Waals surface area (Å²) in [6.45, 7) is 1.70. The normalized spacial score (nSPS) is 12.1. The third-order valence-electron chi connectivity index (χ3n) is 2.60. The van der Waals surface area contributed by atoms with Gasteiger partial charge in [-0.25, -0.2) is 14.6 Å². The summed E-state index contributed by atoms with van der Waals surface area (Å²) in [5, 5.41) is 13.9. The fraction of sp³-hybridized carbons (Fsp3) is 0.250. The van der Waals surface area contributed by atoms with E-state index in [2.05, 4.69) is 15.6 Å². The minimum Gasteiger partial charge on any atom is -0.480 e. The highest BCUT2D eigenvalue weighted by atomic mass is 32.1. The predicted molar refractivity (Wildman–Crippen MR) is 73.5 cm³/mol. The molecule has 0 radical (unpaired) electrons. The number of benzene rings is 1. The van der Waals surface area contributed by atoms with Crippen LogP contribution in [0.5, 0.6) is 0 Å². The number of thiazole rings is 1. The molecule has 0 aliphatic rings. The molecule has 6 nitrogen and oxygen atoms in total. The topological polar surface area (TPSA) is 91.3 Å². The van der Waals surface area contributed by atoms with Gasteiger partial charge in [0.25, 0.3) is 0 Å². The molecule has 2 amide bonds. The molecule has 0 bridgehead atoms. The van der Waals surface area contributed by atoms with Crippen molar-refractivity contribution in [2.24, 2.45) is 0 Å². The maximum absolute atomic E-state index is 11.7. The van der Waals surface area contributed by atoms with E-state index >= 15 is 0 Å². The molecule has 1 heterocycles. The first kappa shape index (κ1) is 13.3. The third-order valence-corrected chi connectivity index (χ3v) is 3.39.